The lowest BCUT2D eigenvalue weighted by Gasteiger charge is -2.16. The quantitative estimate of drug-likeness (QED) is 0.894. The first-order valence-electron chi connectivity index (χ1n) is 6.49. The molecule has 0 aliphatic carbocycles. The van der Waals surface area contributed by atoms with Gasteiger partial charge in [-0.2, -0.15) is 13.2 Å². The van der Waals surface area contributed by atoms with Crippen molar-refractivity contribution in [2.24, 2.45) is 5.73 Å². The van der Waals surface area contributed by atoms with Gasteiger partial charge in [-0.15, -0.1) is 0 Å². The maximum absolute atomic E-state index is 12.9. The minimum absolute atomic E-state index is 0.470. The van der Waals surface area contributed by atoms with Crippen molar-refractivity contribution in [1.29, 1.82) is 0 Å². The molecule has 6 heteroatoms. The van der Waals surface area contributed by atoms with Crippen molar-refractivity contribution in [1.82, 2.24) is 0 Å². The molecule has 0 aliphatic heterocycles. The zero-order valence-corrected chi connectivity index (χ0v) is 9.18. The van der Waals surface area contributed by atoms with E-state index in [1.54, 1.807) is 0 Å². The summed E-state index contributed by atoms with van der Waals surface area (Å²) >= 11 is 0. The van der Waals surface area contributed by atoms with Crippen molar-refractivity contribution < 1.29 is 28.1 Å². The lowest BCUT2D eigenvalue weighted by atomic mass is 10.1. The highest BCUT2D eigenvalue weighted by Gasteiger charge is 2.35. The Hall–Kier alpha value is -1.43. The highest BCUT2D eigenvalue weighted by molar-refractivity contribution is 5.48. The molecule has 0 aromatic heterocycles. The summed E-state index contributed by atoms with van der Waals surface area (Å²) in [5.74, 6) is -1.12. The summed E-state index contributed by atoms with van der Waals surface area (Å²) in [6.45, 7) is -2.83. The number of benzene rings is 1. The maximum Gasteiger partial charge on any atom is 0.420 e. The molecule has 1 aromatic rings. The van der Waals surface area contributed by atoms with Crippen LogP contribution in [0.2, 0.25) is 0 Å². The van der Waals surface area contributed by atoms with Crippen LogP contribution < -0.4 is 15.2 Å². The van der Waals surface area contributed by atoms with Gasteiger partial charge in [0.2, 0.25) is 0 Å². The van der Waals surface area contributed by atoms with Crippen molar-refractivity contribution in [2.45, 2.75) is 12.5 Å². The van der Waals surface area contributed by atoms with Crippen molar-refractivity contribution in [3.8, 4) is 11.5 Å². The van der Waals surface area contributed by atoms with E-state index in [0.717, 1.165) is 20.3 Å². The average molecular weight is 253 g/mol. The Kier molecular flexibility index (Phi) is 2.67. The van der Waals surface area contributed by atoms with Crippen LogP contribution in [-0.4, -0.2) is 20.7 Å². The molecule has 3 nitrogen and oxygen atoms in total. The molecule has 0 spiro atoms. The Morgan fingerprint density at radius 1 is 1.24 bits per heavy atom. The van der Waals surface area contributed by atoms with Crippen LogP contribution in [0.15, 0.2) is 12.1 Å². The molecule has 1 aromatic carbocycles. The van der Waals surface area contributed by atoms with Gasteiger partial charge < -0.3 is 15.2 Å². The number of methoxy groups -OCH3 is 2. The van der Waals surface area contributed by atoms with Gasteiger partial charge >= 0.3 is 6.18 Å². The molecule has 17 heavy (non-hydrogen) atoms. The van der Waals surface area contributed by atoms with E-state index >= 15 is 0 Å². The molecule has 1 rings (SSSR count). The molecule has 0 saturated heterocycles. The van der Waals surface area contributed by atoms with E-state index in [-0.39, 0.29) is 0 Å². The number of hydrogen-bond acceptors (Lipinski definition) is 3. The number of ether oxygens (including phenoxy) is 2. The van der Waals surface area contributed by atoms with E-state index in [9.17, 15) is 13.2 Å². The van der Waals surface area contributed by atoms with Gasteiger partial charge in [-0.1, -0.05) is 0 Å². The Balaban J connectivity index is 3.63. The summed E-state index contributed by atoms with van der Waals surface area (Å²) in [7, 11) is 2.04. The number of aryl methyl sites for hydroxylation is 1. The van der Waals surface area contributed by atoms with Crippen LogP contribution in [0.4, 0.5) is 13.2 Å². The van der Waals surface area contributed by atoms with Gasteiger partial charge in [0.25, 0.3) is 0 Å². The molecule has 0 saturated carbocycles. The highest BCUT2D eigenvalue weighted by atomic mass is 19.4. The number of hydrogen-bond donors (Lipinski definition) is 1. The van der Waals surface area contributed by atoms with Crippen molar-refractivity contribution in [3.05, 3.63) is 23.3 Å². The third-order valence-corrected chi connectivity index (χ3v) is 2.03. The topological polar surface area (TPSA) is 44.5 Å². The molecule has 0 radical (unpaired) electrons. The summed E-state index contributed by atoms with van der Waals surface area (Å²) in [6, 6.07) is 1.30. The summed E-state index contributed by atoms with van der Waals surface area (Å²) in [6.07, 6.45) is -7.51. The Labute approximate surface area is 103 Å². The Morgan fingerprint density at radius 2 is 1.82 bits per heavy atom. The molecule has 0 atom stereocenters. The first kappa shape index (κ1) is 8.63. The van der Waals surface area contributed by atoms with Crippen molar-refractivity contribution in [3.63, 3.8) is 0 Å². The fourth-order valence-corrected chi connectivity index (χ4v) is 1.29. The van der Waals surface area contributed by atoms with Crippen molar-refractivity contribution in [2.75, 3.05) is 20.7 Å². The highest BCUT2D eigenvalue weighted by Crippen LogP contribution is 2.40. The molecular formula is C11H14F3NO2. The summed E-state index contributed by atoms with van der Waals surface area (Å²) < 4.78 is 78.0. The Bertz CT molecular complexity index is 529. The van der Waals surface area contributed by atoms with E-state index in [1.807, 2.05) is 0 Å². The summed E-state index contributed by atoms with van der Waals surface area (Å²) in [4.78, 5) is 0. The first-order valence-corrected chi connectivity index (χ1v) is 4.49. The van der Waals surface area contributed by atoms with E-state index < -0.39 is 41.7 Å². The van der Waals surface area contributed by atoms with Gasteiger partial charge in [-0.25, -0.2) is 0 Å². The fraction of sp³-hybridized carbons (Fsp3) is 0.455. The second kappa shape index (κ2) is 5.27. The molecule has 2 N–H and O–H groups in total. The molecule has 0 amide bonds. The molecule has 0 heterocycles. The van der Waals surface area contributed by atoms with E-state index in [0.29, 0.717) is 6.07 Å². The molecule has 0 unspecified atom stereocenters. The van der Waals surface area contributed by atoms with Gasteiger partial charge in [0.05, 0.1) is 14.2 Å². The zero-order valence-electron chi connectivity index (χ0n) is 13.2. The number of alkyl halides is 3. The SMILES string of the molecule is [2H]C([2H])(N)C([2H])([2H])c1cc(OC)c(C(F)(F)F)cc1OC. The number of nitrogens with two attached hydrogens (primary N) is 1. The minimum Gasteiger partial charge on any atom is -0.496 e. The fourth-order valence-electron chi connectivity index (χ4n) is 1.29. The van der Waals surface area contributed by atoms with Crippen LogP contribution in [0.1, 0.15) is 16.6 Å². The minimum atomic E-state index is -4.73. The normalized spacial score (nSPS) is 16.6. The van der Waals surface area contributed by atoms with E-state index in [1.165, 1.54) is 0 Å². The summed E-state index contributed by atoms with van der Waals surface area (Å²) in [5, 5.41) is 0. The van der Waals surface area contributed by atoms with Crippen LogP contribution in [-0.2, 0) is 12.5 Å². The molecular weight excluding hydrogens is 235 g/mol. The number of halogens is 3. The second-order valence-corrected chi connectivity index (χ2v) is 3.02. The first-order chi connectivity index (χ1) is 9.36. The summed E-state index contributed by atoms with van der Waals surface area (Å²) in [5.41, 5.74) is 3.50. The van der Waals surface area contributed by atoms with E-state index in [2.05, 4.69) is 4.74 Å². The lowest BCUT2D eigenvalue weighted by Crippen LogP contribution is -2.10. The maximum atomic E-state index is 12.9. The van der Waals surface area contributed by atoms with Gasteiger partial charge in [-0.3, -0.25) is 0 Å². The predicted octanol–water partition coefficient (Wildman–Crippen LogP) is 2.22. The van der Waals surface area contributed by atoms with E-state index in [4.69, 9.17) is 16.0 Å². The van der Waals surface area contributed by atoms with Crippen LogP contribution in [0, 0.1) is 0 Å². The Morgan fingerprint density at radius 3 is 2.24 bits per heavy atom. The molecule has 0 aliphatic rings. The van der Waals surface area contributed by atoms with Gasteiger partial charge in [0, 0.05) is 5.48 Å². The van der Waals surface area contributed by atoms with Crippen LogP contribution >= 0.6 is 0 Å². The van der Waals surface area contributed by atoms with Crippen molar-refractivity contribution >= 4 is 0 Å². The van der Waals surface area contributed by atoms with Gasteiger partial charge in [0.15, 0.2) is 0 Å². The van der Waals surface area contributed by atoms with Crippen LogP contribution in [0.5, 0.6) is 11.5 Å². The smallest absolute Gasteiger partial charge is 0.420 e. The standard InChI is InChI=1S/C11H14F3NO2/c1-16-9-6-8(11(12,13)14)10(17-2)5-7(9)3-4-15/h5-6H,3-4,15H2,1-2H3/i3D2,4D2. The lowest BCUT2D eigenvalue weighted by molar-refractivity contribution is -0.138. The van der Waals surface area contributed by atoms with Gasteiger partial charge in [-0.05, 0) is 30.6 Å². The number of rotatable bonds is 4. The zero-order chi connectivity index (χ0) is 16.6. The van der Waals surface area contributed by atoms with Gasteiger partial charge in [0.1, 0.15) is 17.1 Å². The molecule has 96 valence electrons. The predicted molar refractivity (Wildman–Crippen MR) is 57.3 cm³/mol. The monoisotopic (exact) mass is 253 g/mol. The molecule has 0 fully saturated rings. The van der Waals surface area contributed by atoms with Crippen LogP contribution in [0.3, 0.4) is 0 Å². The second-order valence-electron chi connectivity index (χ2n) is 3.02. The third kappa shape index (κ3) is 3.03. The third-order valence-electron chi connectivity index (χ3n) is 2.03. The largest absolute Gasteiger partial charge is 0.496 e. The average Bonchev–Trinajstić information content (AvgIpc) is 2.34. The molecule has 0 bridgehead atoms. The van der Waals surface area contributed by atoms with Crippen LogP contribution in [0.25, 0.3) is 0 Å².